The van der Waals surface area contributed by atoms with Gasteiger partial charge in [0.15, 0.2) is 0 Å². The number of hydrogen-bond donors (Lipinski definition) is 1. The normalized spacial score (nSPS) is 20.2. The Morgan fingerprint density at radius 2 is 1.97 bits per heavy atom. The monoisotopic (exact) mass is 485 g/mol. The molecule has 2 saturated carbocycles. The Balaban J connectivity index is 1.36. The first-order valence-electron chi connectivity index (χ1n) is 12.5. The summed E-state index contributed by atoms with van der Waals surface area (Å²) in [5.41, 5.74) is 2.85. The first-order valence-corrected chi connectivity index (χ1v) is 12.5. The summed E-state index contributed by atoms with van der Waals surface area (Å²) in [6.07, 6.45) is 6.55. The summed E-state index contributed by atoms with van der Waals surface area (Å²) < 4.78 is 13.3. The molecule has 2 fully saturated rings. The zero-order valence-electron chi connectivity index (χ0n) is 20.8. The smallest absolute Gasteiger partial charge is 0.409 e. The third-order valence-electron chi connectivity index (χ3n) is 7.12. The van der Waals surface area contributed by atoms with Gasteiger partial charge in [-0.3, -0.25) is 9.48 Å². The second kappa shape index (κ2) is 11.0. The van der Waals surface area contributed by atoms with E-state index in [1.165, 1.54) is 19.3 Å². The second-order valence-corrected chi connectivity index (χ2v) is 9.77. The molecular weight excluding hydrogens is 450 g/mol. The molecule has 2 aromatic heterocycles. The fourth-order valence-corrected chi connectivity index (χ4v) is 4.80. The van der Waals surface area contributed by atoms with Crippen molar-refractivity contribution in [3.05, 3.63) is 23.5 Å². The Hall–Kier alpha value is -3.17. The van der Waals surface area contributed by atoms with Gasteiger partial charge in [0.05, 0.1) is 35.7 Å². The van der Waals surface area contributed by atoms with Crippen LogP contribution in [0.5, 0.6) is 5.75 Å². The third-order valence-corrected chi connectivity index (χ3v) is 7.12. The maximum Gasteiger partial charge on any atom is 0.409 e. The Morgan fingerprint density at radius 1 is 1.20 bits per heavy atom. The van der Waals surface area contributed by atoms with Crippen molar-refractivity contribution >= 4 is 12.1 Å². The Labute approximate surface area is 205 Å². The van der Waals surface area contributed by atoms with Gasteiger partial charge in [0.25, 0.3) is 0 Å². The van der Waals surface area contributed by atoms with Gasteiger partial charge in [-0.15, -0.1) is 5.10 Å². The number of aryl methyl sites for hydroxylation is 2. The van der Waals surface area contributed by atoms with Crippen molar-refractivity contribution in [3.8, 4) is 17.1 Å². The average Bonchev–Trinajstić information content (AvgIpc) is 3.17. The van der Waals surface area contributed by atoms with E-state index in [4.69, 9.17) is 9.47 Å². The van der Waals surface area contributed by atoms with Gasteiger partial charge >= 0.3 is 12.1 Å². The van der Waals surface area contributed by atoms with Crippen LogP contribution in [0.25, 0.3) is 11.4 Å². The van der Waals surface area contributed by atoms with Gasteiger partial charge in [-0.25, -0.2) is 9.78 Å². The number of carboxylic acid groups (broad SMARTS) is 1. The zero-order chi connectivity index (χ0) is 24.9. The summed E-state index contributed by atoms with van der Waals surface area (Å²) in [5.74, 6) is 0.141. The molecule has 0 bridgehead atoms. The first-order chi connectivity index (χ1) is 16.8. The van der Waals surface area contributed by atoms with Gasteiger partial charge in [0.2, 0.25) is 0 Å². The number of amides is 1. The number of carbonyl (C=O) groups is 2. The molecule has 0 unspecified atom stereocenters. The van der Waals surface area contributed by atoms with E-state index in [1.54, 1.807) is 16.6 Å². The van der Waals surface area contributed by atoms with Crippen LogP contribution in [0.1, 0.15) is 56.3 Å². The number of aromatic nitrogens is 4. The first kappa shape index (κ1) is 24.9. The summed E-state index contributed by atoms with van der Waals surface area (Å²) in [6, 6.07) is 3.70. The van der Waals surface area contributed by atoms with Crippen molar-refractivity contribution in [1.29, 1.82) is 0 Å². The molecule has 10 nitrogen and oxygen atoms in total. The predicted octanol–water partition coefficient (Wildman–Crippen LogP) is 3.62. The molecular formula is C25H35N5O5. The lowest BCUT2D eigenvalue weighted by Gasteiger charge is -2.29. The Morgan fingerprint density at radius 3 is 2.66 bits per heavy atom. The van der Waals surface area contributed by atoms with Gasteiger partial charge in [0, 0.05) is 27.1 Å². The van der Waals surface area contributed by atoms with Crippen molar-refractivity contribution in [3.63, 3.8) is 0 Å². The molecule has 0 aliphatic heterocycles. The van der Waals surface area contributed by atoms with Crippen molar-refractivity contribution < 1.29 is 24.2 Å². The molecule has 0 spiro atoms. The summed E-state index contributed by atoms with van der Waals surface area (Å²) in [6.45, 7) is 2.84. The van der Waals surface area contributed by atoms with Crippen LogP contribution in [-0.4, -0.2) is 68.4 Å². The average molecular weight is 486 g/mol. The van der Waals surface area contributed by atoms with E-state index >= 15 is 0 Å². The number of carboxylic acids is 1. The molecule has 2 atom stereocenters. The molecule has 0 radical (unpaired) electrons. The molecule has 2 aliphatic rings. The minimum Gasteiger partial charge on any atom is -0.489 e. The van der Waals surface area contributed by atoms with Crippen molar-refractivity contribution in [2.24, 2.45) is 18.9 Å². The van der Waals surface area contributed by atoms with Crippen LogP contribution < -0.4 is 4.74 Å². The summed E-state index contributed by atoms with van der Waals surface area (Å²) in [5, 5.41) is 17.8. The van der Waals surface area contributed by atoms with Crippen molar-refractivity contribution in [2.75, 3.05) is 20.2 Å². The number of nitrogens with zero attached hydrogens (tertiary/aromatic N) is 5. The summed E-state index contributed by atoms with van der Waals surface area (Å²) in [7, 11) is 3.59. The highest BCUT2D eigenvalue weighted by Gasteiger charge is 2.28. The molecule has 2 aromatic rings. The van der Waals surface area contributed by atoms with Crippen LogP contribution in [0.4, 0.5) is 4.79 Å². The highest BCUT2D eigenvalue weighted by atomic mass is 16.6. The zero-order valence-corrected chi connectivity index (χ0v) is 20.8. The van der Waals surface area contributed by atoms with E-state index in [-0.39, 0.29) is 24.7 Å². The molecule has 190 valence electrons. The fourth-order valence-electron chi connectivity index (χ4n) is 4.80. The van der Waals surface area contributed by atoms with E-state index in [0.717, 1.165) is 25.1 Å². The van der Waals surface area contributed by atoms with Crippen LogP contribution in [-0.2, 0) is 23.0 Å². The van der Waals surface area contributed by atoms with Crippen LogP contribution in [0.15, 0.2) is 12.1 Å². The topological polar surface area (TPSA) is 120 Å². The van der Waals surface area contributed by atoms with Gasteiger partial charge < -0.3 is 19.5 Å². The second-order valence-electron chi connectivity index (χ2n) is 9.77. The predicted molar refractivity (Wildman–Crippen MR) is 128 cm³/mol. The third kappa shape index (κ3) is 6.10. The highest BCUT2D eigenvalue weighted by molar-refractivity contribution is 5.70. The summed E-state index contributed by atoms with van der Waals surface area (Å²) >= 11 is 0. The van der Waals surface area contributed by atoms with E-state index in [2.05, 4.69) is 15.3 Å². The number of rotatable bonds is 9. The van der Waals surface area contributed by atoms with Gasteiger partial charge in [-0.1, -0.05) is 11.6 Å². The molecule has 4 rings (SSSR count). The Kier molecular flexibility index (Phi) is 7.87. The number of aliphatic carboxylic acids is 1. The number of pyridine rings is 1. The lowest BCUT2D eigenvalue weighted by Crippen LogP contribution is -2.35. The maximum absolute atomic E-state index is 12.3. The van der Waals surface area contributed by atoms with E-state index in [1.807, 2.05) is 26.1 Å². The Bertz CT molecular complexity index is 1050. The molecule has 1 amide bonds. The van der Waals surface area contributed by atoms with Crippen molar-refractivity contribution in [2.45, 2.75) is 64.4 Å². The lowest BCUT2D eigenvalue weighted by atomic mass is 9.85. The maximum atomic E-state index is 12.3. The SMILES string of the molecule is Cc1nc(-c2nnn(C)c2CCOC(=O)N(C)CC2CCC2)ccc1O[C@H]1CCC[C@H](C(=O)O)C1. The fraction of sp³-hybridized carbons (Fsp3) is 0.640. The summed E-state index contributed by atoms with van der Waals surface area (Å²) in [4.78, 5) is 30.0. The molecule has 10 heteroatoms. The number of hydrogen-bond acceptors (Lipinski definition) is 7. The quantitative estimate of drug-likeness (QED) is 0.572. The highest BCUT2D eigenvalue weighted by Crippen LogP contribution is 2.31. The molecule has 1 N–H and O–H groups in total. The largest absolute Gasteiger partial charge is 0.489 e. The minimum atomic E-state index is -0.755. The van der Waals surface area contributed by atoms with E-state index in [9.17, 15) is 14.7 Å². The lowest BCUT2D eigenvalue weighted by molar-refractivity contribution is -0.143. The van der Waals surface area contributed by atoms with Crippen LogP contribution in [0, 0.1) is 18.8 Å². The molecule has 35 heavy (non-hydrogen) atoms. The number of carbonyl (C=O) groups excluding carboxylic acids is 1. The molecule has 2 heterocycles. The minimum absolute atomic E-state index is 0.125. The number of ether oxygens (including phenoxy) is 2. The molecule has 2 aliphatic carbocycles. The van der Waals surface area contributed by atoms with Gasteiger partial charge in [-0.2, -0.15) is 0 Å². The molecule has 0 aromatic carbocycles. The van der Waals surface area contributed by atoms with Crippen LogP contribution in [0.2, 0.25) is 0 Å². The van der Waals surface area contributed by atoms with Crippen LogP contribution in [0.3, 0.4) is 0 Å². The molecule has 0 saturated heterocycles. The van der Waals surface area contributed by atoms with E-state index < -0.39 is 5.97 Å². The van der Waals surface area contributed by atoms with E-state index in [0.29, 0.717) is 48.0 Å². The van der Waals surface area contributed by atoms with Crippen LogP contribution >= 0.6 is 0 Å². The van der Waals surface area contributed by atoms with Gasteiger partial charge in [-0.05, 0) is 63.5 Å². The van der Waals surface area contributed by atoms with Crippen molar-refractivity contribution in [1.82, 2.24) is 24.9 Å². The van der Waals surface area contributed by atoms with Gasteiger partial charge in [0.1, 0.15) is 11.4 Å². The standard InChI is InChI=1S/C25H35N5O5/c1-16-22(35-19-9-5-8-18(14-19)24(31)32)11-10-20(26-16)23-21(30(3)28-27-23)12-13-34-25(33)29(2)15-17-6-4-7-17/h10-11,17-19H,4-9,12-15H2,1-3H3,(H,31,32)/t18-,19-/m0/s1.